The highest BCUT2D eigenvalue weighted by Crippen LogP contribution is 2.70. The summed E-state index contributed by atoms with van der Waals surface area (Å²) in [6, 6.07) is 0. The van der Waals surface area contributed by atoms with Crippen LogP contribution in [0.2, 0.25) is 0 Å². The molecule has 158 valence electrons. The van der Waals surface area contributed by atoms with E-state index < -0.39 is 0 Å². The Hall–Kier alpha value is -0.300. The molecule has 0 aromatic rings. The molecule has 0 amide bonds. The highest BCUT2D eigenvalue weighted by atomic mass is 16.3. The Labute approximate surface area is 173 Å². The lowest BCUT2D eigenvalue weighted by molar-refractivity contribution is -0.155. The van der Waals surface area contributed by atoms with Crippen molar-refractivity contribution in [2.24, 2.45) is 51.8 Å². The van der Waals surface area contributed by atoms with E-state index in [1.165, 1.54) is 57.8 Å². The molecule has 4 fully saturated rings. The zero-order chi connectivity index (χ0) is 19.9. The molecule has 5 rings (SSSR count). The fourth-order valence-corrected chi connectivity index (χ4v) is 9.68. The van der Waals surface area contributed by atoms with Crippen molar-refractivity contribution in [2.75, 3.05) is 0 Å². The normalized spacial score (nSPS) is 58.6. The Morgan fingerprint density at radius 2 is 1.57 bits per heavy atom. The zero-order valence-electron chi connectivity index (χ0n) is 19.1. The average molecular weight is 385 g/mol. The molecule has 0 aromatic carbocycles. The zero-order valence-corrected chi connectivity index (χ0v) is 19.1. The Balaban J connectivity index is 1.51. The van der Waals surface area contributed by atoms with Gasteiger partial charge in [-0.15, -0.1) is 0 Å². The van der Waals surface area contributed by atoms with Crippen molar-refractivity contribution < 1.29 is 5.11 Å². The van der Waals surface area contributed by atoms with Gasteiger partial charge in [-0.3, -0.25) is 0 Å². The predicted octanol–water partition coefficient (Wildman–Crippen LogP) is 7.00. The third-order valence-electron chi connectivity index (χ3n) is 11.5. The van der Waals surface area contributed by atoms with E-state index in [0.29, 0.717) is 22.2 Å². The Morgan fingerprint density at radius 1 is 0.857 bits per heavy atom. The molecular formula is C27H44O. The van der Waals surface area contributed by atoms with Crippen molar-refractivity contribution in [1.82, 2.24) is 0 Å². The minimum absolute atomic E-state index is 0.0590. The number of hydrogen-bond acceptors (Lipinski definition) is 1. The molecule has 4 saturated carbocycles. The first-order valence-corrected chi connectivity index (χ1v) is 12.6. The summed E-state index contributed by atoms with van der Waals surface area (Å²) < 4.78 is 0. The third kappa shape index (κ3) is 2.53. The fourth-order valence-electron chi connectivity index (χ4n) is 9.68. The van der Waals surface area contributed by atoms with Gasteiger partial charge >= 0.3 is 0 Å². The van der Waals surface area contributed by atoms with Crippen LogP contribution in [0.1, 0.15) is 98.8 Å². The summed E-state index contributed by atoms with van der Waals surface area (Å²) in [5.41, 5.74) is 3.43. The van der Waals surface area contributed by atoms with Gasteiger partial charge in [-0.05, 0) is 110 Å². The number of aliphatic hydroxyl groups is 1. The molecule has 1 N–H and O–H groups in total. The van der Waals surface area contributed by atoms with Crippen LogP contribution in [0.4, 0.5) is 0 Å². The summed E-state index contributed by atoms with van der Waals surface area (Å²) in [5, 5.41) is 10.5. The van der Waals surface area contributed by atoms with Gasteiger partial charge in [-0.2, -0.15) is 0 Å². The highest BCUT2D eigenvalue weighted by Gasteiger charge is 2.62. The van der Waals surface area contributed by atoms with E-state index in [9.17, 15) is 5.11 Å². The van der Waals surface area contributed by atoms with E-state index in [1.54, 1.807) is 0 Å². The van der Waals surface area contributed by atoms with Gasteiger partial charge in [0, 0.05) is 0 Å². The minimum atomic E-state index is -0.0590. The summed E-state index contributed by atoms with van der Waals surface area (Å²) in [6.07, 6.45) is 16.3. The van der Waals surface area contributed by atoms with Crippen LogP contribution in [0.5, 0.6) is 0 Å². The molecule has 0 aromatic heterocycles. The monoisotopic (exact) mass is 384 g/mol. The summed E-state index contributed by atoms with van der Waals surface area (Å²) in [6.45, 7) is 12.8. The largest absolute Gasteiger partial charge is 0.393 e. The van der Waals surface area contributed by atoms with E-state index >= 15 is 0 Å². The summed E-state index contributed by atoms with van der Waals surface area (Å²) in [7, 11) is 0. The van der Waals surface area contributed by atoms with Gasteiger partial charge in [0.05, 0.1) is 6.10 Å². The van der Waals surface area contributed by atoms with Crippen molar-refractivity contribution in [3.05, 3.63) is 11.6 Å². The molecule has 10 atom stereocenters. The number of allylic oxidation sites excluding steroid dienone is 2. The second kappa shape index (κ2) is 6.35. The molecule has 0 saturated heterocycles. The van der Waals surface area contributed by atoms with Gasteiger partial charge in [-0.1, -0.05) is 52.7 Å². The van der Waals surface area contributed by atoms with Gasteiger partial charge < -0.3 is 5.11 Å². The first-order valence-electron chi connectivity index (χ1n) is 12.6. The topological polar surface area (TPSA) is 20.2 Å². The summed E-state index contributed by atoms with van der Waals surface area (Å²) >= 11 is 0. The number of rotatable bonds is 0. The smallest absolute Gasteiger partial charge is 0.0568 e. The lowest BCUT2D eigenvalue weighted by atomic mass is 9.39. The molecule has 1 nitrogen and oxygen atoms in total. The van der Waals surface area contributed by atoms with Crippen molar-refractivity contribution >= 4 is 0 Å². The van der Waals surface area contributed by atoms with Crippen LogP contribution >= 0.6 is 0 Å². The maximum absolute atomic E-state index is 10.5. The van der Waals surface area contributed by atoms with Crippen LogP contribution in [-0.4, -0.2) is 11.2 Å². The minimum Gasteiger partial charge on any atom is -0.393 e. The first kappa shape index (κ1) is 19.7. The van der Waals surface area contributed by atoms with Gasteiger partial charge in [0.15, 0.2) is 0 Å². The lowest BCUT2D eigenvalue weighted by Crippen LogP contribution is -2.59. The third-order valence-corrected chi connectivity index (χ3v) is 11.5. The van der Waals surface area contributed by atoms with Gasteiger partial charge in [0.1, 0.15) is 0 Å². The molecule has 28 heavy (non-hydrogen) atoms. The van der Waals surface area contributed by atoms with Crippen LogP contribution in [0.3, 0.4) is 0 Å². The van der Waals surface area contributed by atoms with Crippen LogP contribution in [-0.2, 0) is 0 Å². The van der Waals surface area contributed by atoms with Crippen LogP contribution in [0.15, 0.2) is 11.6 Å². The molecule has 0 radical (unpaired) electrons. The molecular weight excluding hydrogens is 340 g/mol. The van der Waals surface area contributed by atoms with Crippen molar-refractivity contribution in [2.45, 2.75) is 105 Å². The summed E-state index contributed by atoms with van der Waals surface area (Å²) in [5.74, 6) is 4.67. The predicted molar refractivity (Wildman–Crippen MR) is 117 cm³/mol. The average Bonchev–Trinajstić information content (AvgIpc) is 2.65. The SMILES string of the molecule is CC1CCC2(C)CCC3C(=CCC4C3(C)CCC3C(C)C(O)CCC34C)C2C1. The quantitative estimate of drug-likeness (QED) is 0.446. The Bertz CT molecular complexity index is 665. The van der Waals surface area contributed by atoms with E-state index in [0.717, 1.165) is 36.0 Å². The standard InChI is InChI=1S/C27H44O/c1-17-8-12-25(3)13-9-21-19(22(25)16-17)6-7-24-26(4)15-11-23(28)18(2)20(26)10-14-27(21,24)5/h6,17-18,20-24,28H,7-16H2,1-5H3. The van der Waals surface area contributed by atoms with Crippen molar-refractivity contribution in [1.29, 1.82) is 0 Å². The molecule has 5 aliphatic carbocycles. The van der Waals surface area contributed by atoms with Crippen molar-refractivity contribution in [3.8, 4) is 0 Å². The molecule has 0 heterocycles. The molecule has 0 bridgehead atoms. The van der Waals surface area contributed by atoms with Gasteiger partial charge in [-0.25, -0.2) is 0 Å². The van der Waals surface area contributed by atoms with E-state index in [4.69, 9.17) is 0 Å². The van der Waals surface area contributed by atoms with Crippen LogP contribution < -0.4 is 0 Å². The van der Waals surface area contributed by atoms with E-state index in [2.05, 4.69) is 40.7 Å². The molecule has 0 aliphatic heterocycles. The van der Waals surface area contributed by atoms with Crippen LogP contribution in [0.25, 0.3) is 0 Å². The molecule has 0 spiro atoms. The molecule has 5 aliphatic rings. The first-order chi connectivity index (χ1) is 13.2. The van der Waals surface area contributed by atoms with E-state index in [1.807, 2.05) is 5.57 Å². The summed E-state index contributed by atoms with van der Waals surface area (Å²) in [4.78, 5) is 0. The Morgan fingerprint density at radius 3 is 2.36 bits per heavy atom. The van der Waals surface area contributed by atoms with Gasteiger partial charge in [0.25, 0.3) is 0 Å². The number of fused-ring (bicyclic) bond motifs is 7. The highest BCUT2D eigenvalue weighted by molar-refractivity contribution is 5.28. The lowest BCUT2D eigenvalue weighted by Gasteiger charge is -2.66. The Kier molecular flexibility index (Phi) is 4.46. The van der Waals surface area contributed by atoms with E-state index in [-0.39, 0.29) is 6.10 Å². The van der Waals surface area contributed by atoms with Crippen LogP contribution in [0, 0.1) is 51.8 Å². The van der Waals surface area contributed by atoms with Gasteiger partial charge in [0.2, 0.25) is 0 Å². The maximum atomic E-state index is 10.5. The fraction of sp³-hybridized carbons (Fsp3) is 0.926. The number of hydrogen-bond donors (Lipinski definition) is 1. The molecule has 1 heteroatoms. The second-order valence-electron chi connectivity index (χ2n) is 12.8. The number of aliphatic hydroxyl groups excluding tert-OH is 1. The molecule has 10 unspecified atom stereocenters. The maximum Gasteiger partial charge on any atom is 0.0568 e. The van der Waals surface area contributed by atoms with Crippen molar-refractivity contribution in [3.63, 3.8) is 0 Å². The second-order valence-corrected chi connectivity index (χ2v) is 12.8.